The molecule has 0 fully saturated rings. The molecule has 0 aliphatic rings. The Hall–Kier alpha value is -0.253. The summed E-state index contributed by atoms with van der Waals surface area (Å²) in [5.74, 6) is -0.201. The largest absolute Gasteiger partial charge is 0.396 e. The zero-order valence-electron chi connectivity index (χ0n) is 9.00. The van der Waals surface area contributed by atoms with E-state index in [4.69, 9.17) is 10.4 Å². The van der Waals surface area contributed by atoms with Gasteiger partial charge in [0.2, 0.25) is 0 Å². The van der Waals surface area contributed by atoms with Crippen LogP contribution in [-0.2, 0) is 0 Å². The topological polar surface area (TPSA) is 44.0 Å². The summed E-state index contributed by atoms with van der Waals surface area (Å²) in [6.07, 6.45) is 0.499. The van der Waals surface area contributed by atoms with Crippen molar-refractivity contribution in [3.63, 3.8) is 0 Å². The Morgan fingerprint density at radius 2 is 2.20 bits per heavy atom. The minimum atomic E-state index is -0.201. The molecule has 0 saturated carbocycles. The van der Waals surface area contributed by atoms with Crippen molar-refractivity contribution in [2.24, 2.45) is 0 Å². The summed E-state index contributed by atoms with van der Waals surface area (Å²) in [5, 5.41) is 17.7. The number of hydrogen-bond donors (Lipinski definition) is 1. The molecule has 1 aromatic rings. The van der Waals surface area contributed by atoms with Gasteiger partial charge in [-0.25, -0.2) is 0 Å². The van der Waals surface area contributed by atoms with Crippen LogP contribution in [0.4, 0.5) is 0 Å². The molecule has 1 aromatic carbocycles. The number of nitriles is 1. The minimum absolute atomic E-state index is 0. The molecule has 0 heterocycles. The van der Waals surface area contributed by atoms with Gasteiger partial charge in [0.25, 0.3) is 0 Å². The number of benzene rings is 1. The molecule has 2 nitrogen and oxygen atoms in total. The maximum absolute atomic E-state index is 8.93. The Morgan fingerprint density at radius 3 is 2.67 bits per heavy atom. The van der Waals surface area contributed by atoms with Crippen molar-refractivity contribution in [1.82, 2.24) is 0 Å². The van der Waals surface area contributed by atoms with Crippen LogP contribution in [0.1, 0.15) is 23.5 Å². The molecule has 1 atom stereocenters. The average Bonchev–Trinajstić information content (AvgIpc) is 2.15. The summed E-state index contributed by atoms with van der Waals surface area (Å²) in [5.41, 5.74) is 2.09. The molecule has 1 radical (unpaired) electrons. The molecule has 4 heteroatoms. The predicted molar refractivity (Wildman–Crippen MR) is 64.7 cm³/mol. The van der Waals surface area contributed by atoms with Crippen molar-refractivity contribution in [3.05, 3.63) is 33.8 Å². The van der Waals surface area contributed by atoms with Crippen LogP contribution in [0.25, 0.3) is 0 Å². The standard InChI is InChI=1S/C11H12BrNO.Li/c1-8-6-10(12)2-3-11(8)9(7-13)4-5-14;/h2-3,6,9,14H,4-5H2,1H3;. The first-order chi connectivity index (χ1) is 6.69. The molecule has 0 amide bonds. The van der Waals surface area contributed by atoms with Gasteiger partial charge in [-0.15, -0.1) is 0 Å². The molecule has 15 heavy (non-hydrogen) atoms. The zero-order chi connectivity index (χ0) is 10.6. The van der Waals surface area contributed by atoms with Crippen LogP contribution < -0.4 is 0 Å². The second-order valence-corrected chi connectivity index (χ2v) is 4.11. The molecule has 0 saturated heterocycles. The van der Waals surface area contributed by atoms with E-state index < -0.39 is 0 Å². The van der Waals surface area contributed by atoms with Crippen LogP contribution in [0.5, 0.6) is 0 Å². The maximum Gasteiger partial charge on any atom is 0.0737 e. The van der Waals surface area contributed by atoms with Crippen LogP contribution in [0.2, 0.25) is 0 Å². The molecule has 1 N–H and O–H groups in total. The van der Waals surface area contributed by atoms with Crippen molar-refractivity contribution in [2.75, 3.05) is 6.61 Å². The first-order valence-corrected chi connectivity index (χ1v) is 5.25. The Morgan fingerprint density at radius 1 is 1.53 bits per heavy atom. The van der Waals surface area contributed by atoms with Gasteiger partial charge in [0.05, 0.1) is 12.0 Å². The first kappa shape index (κ1) is 14.7. The third-order valence-corrected chi connectivity index (χ3v) is 2.67. The van der Waals surface area contributed by atoms with Crippen LogP contribution in [0.3, 0.4) is 0 Å². The van der Waals surface area contributed by atoms with Crippen molar-refractivity contribution < 1.29 is 5.11 Å². The molecule has 0 aliphatic carbocycles. The Bertz CT molecular complexity index is 362. The molecule has 0 aliphatic heterocycles. The average molecular weight is 261 g/mol. The van der Waals surface area contributed by atoms with Gasteiger partial charge in [-0.05, 0) is 36.6 Å². The number of halogens is 1. The molecule has 0 aromatic heterocycles. The van der Waals surface area contributed by atoms with Crippen molar-refractivity contribution in [3.8, 4) is 6.07 Å². The summed E-state index contributed by atoms with van der Waals surface area (Å²) >= 11 is 3.37. The fourth-order valence-corrected chi connectivity index (χ4v) is 1.92. The van der Waals surface area contributed by atoms with Gasteiger partial charge in [0.15, 0.2) is 0 Å². The van der Waals surface area contributed by atoms with Gasteiger partial charge >= 0.3 is 0 Å². The second kappa shape index (κ2) is 7.09. The van der Waals surface area contributed by atoms with Gasteiger partial charge in [0, 0.05) is 29.9 Å². The zero-order valence-corrected chi connectivity index (χ0v) is 10.6. The van der Waals surface area contributed by atoms with E-state index in [1.165, 1.54) is 0 Å². The predicted octanol–water partition coefficient (Wildman–Crippen LogP) is 2.37. The molecule has 1 rings (SSSR count). The fourth-order valence-electron chi connectivity index (χ4n) is 1.45. The van der Waals surface area contributed by atoms with E-state index in [-0.39, 0.29) is 31.4 Å². The van der Waals surface area contributed by atoms with Crippen LogP contribution in [0.15, 0.2) is 22.7 Å². The first-order valence-electron chi connectivity index (χ1n) is 4.45. The van der Waals surface area contributed by atoms with E-state index in [0.29, 0.717) is 6.42 Å². The number of aryl methyl sites for hydroxylation is 1. The Kier molecular flexibility index (Phi) is 6.97. The number of nitrogens with zero attached hydrogens (tertiary/aromatic N) is 1. The van der Waals surface area contributed by atoms with Crippen molar-refractivity contribution >= 4 is 34.8 Å². The molecule has 0 spiro atoms. The smallest absolute Gasteiger partial charge is 0.0737 e. The summed E-state index contributed by atoms with van der Waals surface area (Å²) in [4.78, 5) is 0. The molecule has 1 unspecified atom stereocenters. The second-order valence-electron chi connectivity index (χ2n) is 3.19. The van der Waals surface area contributed by atoms with Gasteiger partial charge in [0.1, 0.15) is 0 Å². The van der Waals surface area contributed by atoms with Crippen molar-refractivity contribution in [1.29, 1.82) is 5.26 Å². The number of aliphatic hydroxyl groups excluding tert-OH is 1. The van der Waals surface area contributed by atoms with Crippen LogP contribution in [0, 0.1) is 18.3 Å². The third-order valence-electron chi connectivity index (χ3n) is 2.18. The van der Waals surface area contributed by atoms with E-state index in [9.17, 15) is 0 Å². The van der Waals surface area contributed by atoms with Crippen LogP contribution in [-0.4, -0.2) is 30.6 Å². The molecular weight excluding hydrogens is 249 g/mol. The summed E-state index contributed by atoms with van der Waals surface area (Å²) in [6, 6.07) is 8.04. The van der Waals surface area contributed by atoms with Crippen molar-refractivity contribution in [2.45, 2.75) is 19.3 Å². The minimum Gasteiger partial charge on any atom is -0.396 e. The van der Waals surface area contributed by atoms with E-state index in [1.807, 2.05) is 25.1 Å². The SMILES string of the molecule is Cc1cc(Br)ccc1C(C#N)CCO.[Li]. The molecule has 0 bridgehead atoms. The van der Waals surface area contributed by atoms with E-state index >= 15 is 0 Å². The van der Waals surface area contributed by atoms with Gasteiger partial charge < -0.3 is 5.11 Å². The van der Waals surface area contributed by atoms with Crippen LogP contribution >= 0.6 is 15.9 Å². The molecular formula is C11H12BrLiNO. The quantitative estimate of drug-likeness (QED) is 0.849. The fraction of sp³-hybridized carbons (Fsp3) is 0.364. The maximum atomic E-state index is 8.93. The third kappa shape index (κ3) is 4.01. The Balaban J connectivity index is 0.00000196. The Labute approximate surface area is 111 Å². The number of rotatable bonds is 3. The monoisotopic (exact) mass is 260 g/mol. The van der Waals surface area contributed by atoms with Gasteiger partial charge in [-0.3, -0.25) is 0 Å². The van der Waals surface area contributed by atoms with Gasteiger partial charge in [-0.2, -0.15) is 5.26 Å². The van der Waals surface area contributed by atoms with Gasteiger partial charge in [-0.1, -0.05) is 22.0 Å². The number of aliphatic hydroxyl groups is 1. The molecule has 75 valence electrons. The van der Waals surface area contributed by atoms with E-state index in [2.05, 4.69) is 22.0 Å². The van der Waals surface area contributed by atoms with E-state index in [1.54, 1.807) is 0 Å². The van der Waals surface area contributed by atoms with E-state index in [0.717, 1.165) is 15.6 Å². The normalized spacial score (nSPS) is 11.3. The summed E-state index contributed by atoms with van der Waals surface area (Å²) < 4.78 is 1.01. The summed E-state index contributed by atoms with van der Waals surface area (Å²) in [7, 11) is 0. The summed E-state index contributed by atoms with van der Waals surface area (Å²) in [6.45, 7) is 2.02. The number of hydrogen-bond acceptors (Lipinski definition) is 2.